The largest absolute Gasteiger partial charge is 0.465 e. The third kappa shape index (κ3) is 36.3. The van der Waals surface area contributed by atoms with E-state index in [4.69, 9.17) is 9.47 Å². The number of ether oxygens (including phenoxy) is 2. The third-order valence-corrected chi connectivity index (χ3v) is 10.4. The van der Waals surface area contributed by atoms with Crippen LogP contribution in [-0.2, 0) is 19.1 Å². The summed E-state index contributed by atoms with van der Waals surface area (Å²) in [6.45, 7) is 10.2. The Morgan fingerprint density at radius 3 is 1.18 bits per heavy atom. The monoisotopic (exact) mass is 691 g/mol. The summed E-state index contributed by atoms with van der Waals surface area (Å²) in [5.41, 5.74) is 0. The van der Waals surface area contributed by atoms with E-state index < -0.39 is 0 Å². The molecule has 2 atom stereocenters. The lowest BCUT2D eigenvalue weighted by Gasteiger charge is -2.17. The van der Waals surface area contributed by atoms with E-state index >= 15 is 0 Å². The molecule has 0 N–H and O–H groups in total. The number of rotatable bonds is 39. The number of carbonyl (C=O) groups excluding carboxylic acids is 2. The van der Waals surface area contributed by atoms with Gasteiger partial charge in [-0.2, -0.15) is 0 Å². The van der Waals surface area contributed by atoms with Gasteiger partial charge in [0, 0.05) is 12.8 Å². The highest BCUT2D eigenvalue weighted by atomic mass is 16.5. The molecule has 0 saturated carbocycles. The van der Waals surface area contributed by atoms with Crippen LogP contribution < -0.4 is 0 Å². The summed E-state index contributed by atoms with van der Waals surface area (Å²) in [5, 5.41) is 0. The molecule has 0 heterocycles. The van der Waals surface area contributed by atoms with Crippen LogP contribution in [0.15, 0.2) is 12.2 Å². The molecule has 0 spiro atoms. The normalized spacial score (nSPS) is 12.8. The van der Waals surface area contributed by atoms with Gasteiger partial charge in [0.15, 0.2) is 0 Å². The van der Waals surface area contributed by atoms with E-state index in [1.807, 2.05) is 0 Å². The van der Waals surface area contributed by atoms with Crippen molar-refractivity contribution in [3.63, 3.8) is 0 Å². The number of hydrogen-bond donors (Lipinski definition) is 0. The van der Waals surface area contributed by atoms with Crippen LogP contribution >= 0.6 is 0 Å². The number of carbonyl (C=O) groups is 2. The van der Waals surface area contributed by atoms with Crippen molar-refractivity contribution in [1.82, 2.24) is 0 Å². The highest BCUT2D eigenvalue weighted by Crippen LogP contribution is 2.21. The van der Waals surface area contributed by atoms with Crippen molar-refractivity contribution in [2.24, 2.45) is 11.8 Å². The Balaban J connectivity index is 4.09. The number of esters is 2. The minimum atomic E-state index is -0.0201. The van der Waals surface area contributed by atoms with Crippen molar-refractivity contribution in [2.75, 3.05) is 13.2 Å². The first kappa shape index (κ1) is 47.7. The first-order chi connectivity index (χ1) is 24.1. The Bertz CT molecular complexity index is 717. The molecule has 4 nitrogen and oxygen atoms in total. The molecule has 0 aromatic rings. The summed E-state index contributed by atoms with van der Waals surface area (Å²) in [6, 6.07) is 0. The van der Waals surface area contributed by atoms with Gasteiger partial charge in [0.2, 0.25) is 0 Å². The second-order valence-electron chi connectivity index (χ2n) is 15.2. The van der Waals surface area contributed by atoms with E-state index in [2.05, 4.69) is 39.8 Å². The lowest BCUT2D eigenvalue weighted by Crippen LogP contribution is -2.14. The molecule has 0 rings (SSSR count). The first-order valence-electron chi connectivity index (χ1n) is 22.0. The quantitative estimate of drug-likeness (QED) is 0.0366. The molecule has 2 unspecified atom stereocenters. The maximum absolute atomic E-state index is 12.5. The zero-order valence-corrected chi connectivity index (χ0v) is 33.7. The average molecular weight is 691 g/mol. The van der Waals surface area contributed by atoms with Gasteiger partial charge in [-0.25, -0.2) is 0 Å². The van der Waals surface area contributed by atoms with E-state index in [1.165, 1.54) is 154 Å². The molecule has 0 aliphatic carbocycles. The van der Waals surface area contributed by atoms with Gasteiger partial charge in [-0.15, -0.1) is 0 Å². The van der Waals surface area contributed by atoms with Gasteiger partial charge in [0.05, 0.1) is 13.2 Å². The van der Waals surface area contributed by atoms with E-state index in [0.29, 0.717) is 37.9 Å². The topological polar surface area (TPSA) is 52.6 Å². The minimum absolute atomic E-state index is 0.00435. The summed E-state index contributed by atoms with van der Waals surface area (Å²) in [7, 11) is 0. The predicted octanol–water partition coefficient (Wildman–Crippen LogP) is 14.8. The van der Waals surface area contributed by atoms with Crippen molar-refractivity contribution in [3.05, 3.63) is 12.2 Å². The van der Waals surface area contributed by atoms with E-state index in [0.717, 1.165) is 44.9 Å². The summed E-state index contributed by atoms with van der Waals surface area (Å²) < 4.78 is 11.4. The molecular formula is C45H86O4. The fraction of sp³-hybridized carbons (Fsp3) is 0.911. The predicted molar refractivity (Wildman–Crippen MR) is 213 cm³/mol. The Kier molecular flexibility index (Phi) is 38.4. The number of hydrogen-bond acceptors (Lipinski definition) is 4. The number of unbranched alkanes of at least 4 members (excludes halogenated alkanes) is 22. The van der Waals surface area contributed by atoms with Crippen molar-refractivity contribution in [2.45, 2.75) is 240 Å². The molecule has 0 aliphatic rings. The summed E-state index contributed by atoms with van der Waals surface area (Å²) >= 11 is 0. The maximum Gasteiger partial charge on any atom is 0.305 e. The van der Waals surface area contributed by atoms with Crippen LogP contribution in [0.4, 0.5) is 0 Å². The zero-order valence-electron chi connectivity index (χ0n) is 33.7. The smallest absolute Gasteiger partial charge is 0.305 e. The van der Waals surface area contributed by atoms with E-state index in [-0.39, 0.29) is 11.9 Å². The lowest BCUT2D eigenvalue weighted by molar-refractivity contribution is -0.146. The van der Waals surface area contributed by atoms with Gasteiger partial charge >= 0.3 is 11.9 Å². The first-order valence-corrected chi connectivity index (χ1v) is 22.0. The second kappa shape index (κ2) is 39.5. The lowest BCUT2D eigenvalue weighted by atomic mass is 9.94. The van der Waals surface area contributed by atoms with Gasteiger partial charge in [-0.1, -0.05) is 181 Å². The molecule has 0 aliphatic heterocycles. The second-order valence-corrected chi connectivity index (χ2v) is 15.2. The Morgan fingerprint density at radius 1 is 0.408 bits per heavy atom. The van der Waals surface area contributed by atoms with E-state index in [1.54, 1.807) is 0 Å². The molecule has 0 bridgehead atoms. The molecule has 0 radical (unpaired) electrons. The standard InChI is InChI=1S/C45H86O4/c1-5-9-12-14-16-17-18-19-20-21-22-23-25-29-33-39-45(47)49-41-43(36-31-27-24-15-13-10-6-2)37-32-28-26-30-34-38-44(46)48-40-42(8-4)35-11-7-3/h19-20,42-43H,5-18,21-41H2,1-4H3. The van der Waals surface area contributed by atoms with Gasteiger partial charge < -0.3 is 9.47 Å². The Morgan fingerprint density at radius 2 is 0.755 bits per heavy atom. The van der Waals surface area contributed by atoms with Crippen molar-refractivity contribution in [3.8, 4) is 0 Å². The SMILES string of the molecule is CCCCCCCCC=CCCCCCCCC(=O)OCC(CCCCCCCCC)CCCCCCCC(=O)OCC(CC)CCCC. The third-order valence-electron chi connectivity index (χ3n) is 10.4. The van der Waals surface area contributed by atoms with Gasteiger partial charge in [0.1, 0.15) is 0 Å². The molecule has 0 fully saturated rings. The minimum Gasteiger partial charge on any atom is -0.465 e. The van der Waals surface area contributed by atoms with Crippen molar-refractivity contribution < 1.29 is 19.1 Å². The van der Waals surface area contributed by atoms with Crippen molar-refractivity contribution >= 4 is 11.9 Å². The van der Waals surface area contributed by atoms with Crippen LogP contribution in [0.3, 0.4) is 0 Å². The van der Waals surface area contributed by atoms with Crippen LogP contribution in [0, 0.1) is 11.8 Å². The molecule has 0 aromatic heterocycles. The molecule has 49 heavy (non-hydrogen) atoms. The van der Waals surface area contributed by atoms with Crippen LogP contribution in [-0.4, -0.2) is 25.2 Å². The van der Waals surface area contributed by atoms with Crippen LogP contribution in [0.5, 0.6) is 0 Å². The fourth-order valence-electron chi connectivity index (χ4n) is 6.74. The van der Waals surface area contributed by atoms with E-state index in [9.17, 15) is 9.59 Å². The van der Waals surface area contributed by atoms with Gasteiger partial charge in [-0.05, 0) is 69.6 Å². The van der Waals surface area contributed by atoms with Crippen molar-refractivity contribution in [1.29, 1.82) is 0 Å². The molecule has 0 amide bonds. The molecule has 0 aromatic carbocycles. The molecule has 0 saturated heterocycles. The van der Waals surface area contributed by atoms with Crippen LogP contribution in [0.1, 0.15) is 240 Å². The highest BCUT2D eigenvalue weighted by molar-refractivity contribution is 5.69. The fourth-order valence-corrected chi connectivity index (χ4v) is 6.74. The molecule has 4 heteroatoms. The highest BCUT2D eigenvalue weighted by Gasteiger charge is 2.13. The molecular weight excluding hydrogens is 604 g/mol. The van der Waals surface area contributed by atoms with Crippen LogP contribution in [0.2, 0.25) is 0 Å². The van der Waals surface area contributed by atoms with Gasteiger partial charge in [-0.3, -0.25) is 9.59 Å². The summed E-state index contributed by atoms with van der Waals surface area (Å²) in [6.07, 6.45) is 44.3. The average Bonchev–Trinajstić information content (AvgIpc) is 3.11. The Labute approximate surface area is 307 Å². The van der Waals surface area contributed by atoms with Gasteiger partial charge in [0.25, 0.3) is 0 Å². The number of allylic oxidation sites excluding steroid dienone is 2. The summed E-state index contributed by atoms with van der Waals surface area (Å²) in [5.74, 6) is 0.991. The zero-order chi connectivity index (χ0) is 35.9. The summed E-state index contributed by atoms with van der Waals surface area (Å²) in [4.78, 5) is 24.7. The van der Waals surface area contributed by atoms with Crippen LogP contribution in [0.25, 0.3) is 0 Å². The molecule has 290 valence electrons. The maximum atomic E-state index is 12.5. The Hall–Kier alpha value is -1.32.